The molecule has 0 aliphatic carbocycles. The second-order valence-electron chi connectivity index (χ2n) is 5.27. The first kappa shape index (κ1) is 16.0. The Balaban J connectivity index is 4.20. The predicted molar refractivity (Wildman–Crippen MR) is 74.8 cm³/mol. The third-order valence-corrected chi connectivity index (χ3v) is 3.75. The monoisotopic (exact) mass is 227 g/mol. The zero-order valence-electron chi connectivity index (χ0n) is 12.2. The molecular weight excluding hydrogens is 194 g/mol. The van der Waals surface area contributed by atoms with Crippen LogP contribution in [0, 0.1) is 11.8 Å². The minimum Gasteiger partial charge on any atom is -0.314 e. The summed E-state index contributed by atoms with van der Waals surface area (Å²) < 4.78 is 0. The third kappa shape index (κ3) is 6.52. The van der Waals surface area contributed by atoms with E-state index in [1.54, 1.807) is 0 Å². The zero-order chi connectivity index (χ0) is 12.4. The molecule has 0 aliphatic heterocycles. The summed E-state index contributed by atoms with van der Waals surface area (Å²) in [6.07, 6.45) is 7.94. The molecule has 3 atom stereocenters. The fourth-order valence-electron chi connectivity index (χ4n) is 2.44. The van der Waals surface area contributed by atoms with Gasteiger partial charge < -0.3 is 5.32 Å². The van der Waals surface area contributed by atoms with Gasteiger partial charge in [-0.2, -0.15) is 0 Å². The van der Waals surface area contributed by atoms with E-state index < -0.39 is 0 Å². The minimum absolute atomic E-state index is 0.754. The molecule has 0 aromatic rings. The lowest BCUT2D eigenvalue weighted by Crippen LogP contribution is -2.37. The van der Waals surface area contributed by atoms with Crippen LogP contribution in [-0.2, 0) is 0 Å². The van der Waals surface area contributed by atoms with Crippen molar-refractivity contribution in [1.29, 1.82) is 0 Å². The molecule has 0 rings (SSSR count). The highest BCUT2D eigenvalue weighted by molar-refractivity contribution is 4.76. The Morgan fingerprint density at radius 1 is 0.938 bits per heavy atom. The Morgan fingerprint density at radius 3 is 2.06 bits per heavy atom. The second kappa shape index (κ2) is 10.1. The van der Waals surface area contributed by atoms with E-state index in [2.05, 4.69) is 39.9 Å². The van der Waals surface area contributed by atoms with Crippen LogP contribution in [0.1, 0.15) is 73.1 Å². The van der Waals surface area contributed by atoms with Crippen LogP contribution in [0.25, 0.3) is 0 Å². The Kier molecular flexibility index (Phi) is 10.1. The molecule has 0 aromatic carbocycles. The van der Waals surface area contributed by atoms with Crippen LogP contribution in [0.5, 0.6) is 0 Å². The first-order valence-corrected chi connectivity index (χ1v) is 7.42. The zero-order valence-corrected chi connectivity index (χ0v) is 12.2. The van der Waals surface area contributed by atoms with Gasteiger partial charge in [0, 0.05) is 6.04 Å². The van der Waals surface area contributed by atoms with Crippen LogP contribution >= 0.6 is 0 Å². The normalized spacial score (nSPS) is 17.1. The van der Waals surface area contributed by atoms with E-state index >= 15 is 0 Å². The second-order valence-corrected chi connectivity index (χ2v) is 5.27. The number of hydrogen-bond acceptors (Lipinski definition) is 1. The van der Waals surface area contributed by atoms with Crippen molar-refractivity contribution in [2.75, 3.05) is 6.54 Å². The quantitative estimate of drug-likeness (QED) is 0.574. The fourth-order valence-corrected chi connectivity index (χ4v) is 2.44. The first-order valence-electron chi connectivity index (χ1n) is 7.42. The molecule has 98 valence electrons. The Hall–Kier alpha value is -0.0400. The average Bonchev–Trinajstić information content (AvgIpc) is 2.31. The highest BCUT2D eigenvalue weighted by Crippen LogP contribution is 2.23. The summed E-state index contributed by atoms with van der Waals surface area (Å²) in [5.41, 5.74) is 0. The largest absolute Gasteiger partial charge is 0.314 e. The summed E-state index contributed by atoms with van der Waals surface area (Å²) >= 11 is 0. The van der Waals surface area contributed by atoms with Crippen molar-refractivity contribution in [2.24, 2.45) is 11.8 Å². The SMILES string of the molecule is CCCNC(CCC)C(CC)CC(C)CC. The van der Waals surface area contributed by atoms with Gasteiger partial charge in [0.1, 0.15) is 0 Å². The summed E-state index contributed by atoms with van der Waals surface area (Å²) in [4.78, 5) is 0. The Bertz CT molecular complexity index is 144. The van der Waals surface area contributed by atoms with Crippen LogP contribution in [0.4, 0.5) is 0 Å². The molecule has 0 saturated carbocycles. The summed E-state index contributed by atoms with van der Waals surface area (Å²) in [6, 6.07) is 0.754. The standard InChI is InChI=1S/C15H33N/c1-6-10-15(16-11-7-2)14(9-4)12-13(5)8-3/h13-16H,6-12H2,1-5H3. The molecule has 1 nitrogen and oxygen atoms in total. The van der Waals surface area contributed by atoms with E-state index in [1.807, 2.05) is 0 Å². The fraction of sp³-hybridized carbons (Fsp3) is 1.00. The number of nitrogens with one attached hydrogen (secondary N) is 1. The van der Waals surface area contributed by atoms with Crippen LogP contribution in [0.15, 0.2) is 0 Å². The van der Waals surface area contributed by atoms with Crippen molar-refractivity contribution in [3.8, 4) is 0 Å². The smallest absolute Gasteiger partial charge is 0.00952 e. The molecule has 0 aromatic heterocycles. The lowest BCUT2D eigenvalue weighted by atomic mass is 9.84. The lowest BCUT2D eigenvalue weighted by molar-refractivity contribution is 0.270. The van der Waals surface area contributed by atoms with E-state index in [0.717, 1.165) is 17.9 Å². The van der Waals surface area contributed by atoms with Gasteiger partial charge in [-0.15, -0.1) is 0 Å². The van der Waals surface area contributed by atoms with Crippen molar-refractivity contribution in [3.63, 3.8) is 0 Å². The summed E-state index contributed by atoms with van der Waals surface area (Å²) in [6.45, 7) is 12.8. The molecule has 0 radical (unpaired) electrons. The number of rotatable bonds is 10. The van der Waals surface area contributed by atoms with E-state index in [4.69, 9.17) is 0 Å². The minimum atomic E-state index is 0.754. The third-order valence-electron chi connectivity index (χ3n) is 3.75. The molecule has 16 heavy (non-hydrogen) atoms. The van der Waals surface area contributed by atoms with Crippen molar-refractivity contribution in [1.82, 2.24) is 5.32 Å². The maximum Gasteiger partial charge on any atom is 0.00952 e. The van der Waals surface area contributed by atoms with E-state index in [1.165, 1.54) is 45.1 Å². The van der Waals surface area contributed by atoms with Gasteiger partial charge in [0.05, 0.1) is 0 Å². The van der Waals surface area contributed by atoms with Crippen LogP contribution in [0.2, 0.25) is 0 Å². The molecule has 1 heteroatoms. The van der Waals surface area contributed by atoms with Gasteiger partial charge in [-0.3, -0.25) is 0 Å². The molecule has 0 aliphatic rings. The van der Waals surface area contributed by atoms with Gasteiger partial charge in [0.2, 0.25) is 0 Å². The van der Waals surface area contributed by atoms with Gasteiger partial charge in [0.25, 0.3) is 0 Å². The van der Waals surface area contributed by atoms with Crippen molar-refractivity contribution >= 4 is 0 Å². The van der Waals surface area contributed by atoms with E-state index in [-0.39, 0.29) is 0 Å². The molecule has 0 amide bonds. The van der Waals surface area contributed by atoms with Crippen molar-refractivity contribution in [3.05, 3.63) is 0 Å². The van der Waals surface area contributed by atoms with Crippen LogP contribution in [-0.4, -0.2) is 12.6 Å². The van der Waals surface area contributed by atoms with Crippen molar-refractivity contribution < 1.29 is 0 Å². The molecule has 3 unspecified atom stereocenters. The van der Waals surface area contributed by atoms with E-state index in [0.29, 0.717) is 0 Å². The molecule has 0 saturated heterocycles. The van der Waals surface area contributed by atoms with E-state index in [9.17, 15) is 0 Å². The van der Waals surface area contributed by atoms with Crippen LogP contribution < -0.4 is 5.32 Å². The van der Waals surface area contributed by atoms with Gasteiger partial charge in [-0.25, -0.2) is 0 Å². The van der Waals surface area contributed by atoms with Gasteiger partial charge in [-0.1, -0.05) is 53.9 Å². The predicted octanol–water partition coefficient (Wildman–Crippen LogP) is 4.62. The van der Waals surface area contributed by atoms with Gasteiger partial charge >= 0.3 is 0 Å². The van der Waals surface area contributed by atoms with Crippen molar-refractivity contribution in [2.45, 2.75) is 79.2 Å². The first-order chi connectivity index (χ1) is 7.69. The summed E-state index contributed by atoms with van der Waals surface area (Å²) in [7, 11) is 0. The molecule has 1 N–H and O–H groups in total. The highest BCUT2D eigenvalue weighted by atomic mass is 14.9. The maximum absolute atomic E-state index is 3.75. The Labute approximate surface area is 103 Å². The summed E-state index contributed by atoms with van der Waals surface area (Å²) in [5, 5.41) is 3.75. The molecule has 0 bridgehead atoms. The highest BCUT2D eigenvalue weighted by Gasteiger charge is 2.20. The number of hydrogen-bond donors (Lipinski definition) is 1. The summed E-state index contributed by atoms with van der Waals surface area (Å²) in [5.74, 6) is 1.76. The molecule has 0 heterocycles. The molecule has 0 fully saturated rings. The Morgan fingerprint density at radius 2 is 1.62 bits per heavy atom. The molecule has 0 spiro atoms. The van der Waals surface area contributed by atoms with Crippen LogP contribution in [0.3, 0.4) is 0 Å². The van der Waals surface area contributed by atoms with Gasteiger partial charge in [-0.05, 0) is 37.6 Å². The molecular formula is C15H33N. The maximum atomic E-state index is 3.75. The average molecular weight is 227 g/mol. The lowest BCUT2D eigenvalue weighted by Gasteiger charge is -2.29. The topological polar surface area (TPSA) is 12.0 Å². The van der Waals surface area contributed by atoms with Gasteiger partial charge in [0.15, 0.2) is 0 Å².